The van der Waals surface area contributed by atoms with E-state index in [2.05, 4.69) is 18.9 Å². The first-order valence-electron chi connectivity index (χ1n) is 5.60. The van der Waals surface area contributed by atoms with Crippen LogP contribution in [0.4, 0.5) is 0 Å². The molecule has 0 aliphatic rings. The van der Waals surface area contributed by atoms with Gasteiger partial charge in [-0.05, 0) is 43.2 Å². The molecule has 0 aromatic heterocycles. The average molecular weight is 240 g/mol. The summed E-state index contributed by atoms with van der Waals surface area (Å²) in [6.45, 7) is 4.12. The maximum absolute atomic E-state index is 11.0. The lowest BCUT2D eigenvalue weighted by atomic mass is 10.1. The van der Waals surface area contributed by atoms with Crippen molar-refractivity contribution in [1.82, 2.24) is 4.90 Å². The number of carbonyl (C=O) groups is 1. The summed E-state index contributed by atoms with van der Waals surface area (Å²) in [5.41, 5.74) is 1.70. The number of unbranched alkanes of at least 4 members (excludes halogenated alkanes) is 1. The minimum absolute atomic E-state index is 0.391. The molecular weight excluding hydrogens is 222 g/mol. The molecule has 3 heteroatoms. The molecule has 1 aromatic carbocycles. The van der Waals surface area contributed by atoms with E-state index in [1.54, 1.807) is 6.07 Å². The van der Waals surface area contributed by atoms with Crippen LogP contribution >= 0.6 is 11.6 Å². The molecule has 2 nitrogen and oxygen atoms in total. The van der Waals surface area contributed by atoms with Gasteiger partial charge in [0.15, 0.2) is 0 Å². The Hall–Kier alpha value is -0.860. The van der Waals surface area contributed by atoms with Crippen LogP contribution in [0.1, 0.15) is 35.7 Å². The van der Waals surface area contributed by atoms with E-state index in [1.807, 2.05) is 18.2 Å². The minimum Gasteiger partial charge on any atom is -0.302 e. The van der Waals surface area contributed by atoms with Crippen molar-refractivity contribution in [1.29, 1.82) is 0 Å². The first-order valence-corrected chi connectivity index (χ1v) is 5.98. The van der Waals surface area contributed by atoms with Crippen molar-refractivity contribution in [3.63, 3.8) is 0 Å². The van der Waals surface area contributed by atoms with Gasteiger partial charge in [0.1, 0.15) is 0 Å². The zero-order chi connectivity index (χ0) is 12.0. The molecule has 0 atom stereocenters. The van der Waals surface area contributed by atoms with E-state index in [0.29, 0.717) is 5.56 Å². The molecule has 1 rings (SSSR count). The molecule has 88 valence electrons. The first-order chi connectivity index (χ1) is 7.63. The van der Waals surface area contributed by atoms with E-state index in [-0.39, 0.29) is 0 Å². The Balaban J connectivity index is 2.59. The summed E-state index contributed by atoms with van der Waals surface area (Å²) >= 11 is 5.44. The Morgan fingerprint density at radius 2 is 2.19 bits per heavy atom. The maximum Gasteiger partial charge on any atom is 0.252 e. The zero-order valence-corrected chi connectivity index (χ0v) is 10.6. The van der Waals surface area contributed by atoms with Crippen molar-refractivity contribution >= 4 is 16.8 Å². The van der Waals surface area contributed by atoms with Crippen LogP contribution in [0.15, 0.2) is 24.3 Å². The number of hydrogen-bond donors (Lipinski definition) is 0. The predicted octanol–water partition coefficient (Wildman–Crippen LogP) is 3.30. The highest BCUT2D eigenvalue weighted by Gasteiger charge is 2.04. The van der Waals surface area contributed by atoms with Crippen LogP contribution in [-0.4, -0.2) is 23.7 Å². The minimum atomic E-state index is -0.391. The third-order valence-corrected chi connectivity index (χ3v) is 2.72. The highest BCUT2D eigenvalue weighted by molar-refractivity contribution is 6.67. The molecule has 0 radical (unpaired) electrons. The molecule has 0 heterocycles. The summed E-state index contributed by atoms with van der Waals surface area (Å²) in [7, 11) is 2.09. The number of hydrogen-bond acceptors (Lipinski definition) is 2. The Bertz CT molecular complexity index is 352. The summed E-state index contributed by atoms with van der Waals surface area (Å²) in [6, 6.07) is 7.49. The number of rotatable bonds is 6. The molecule has 0 saturated carbocycles. The van der Waals surface area contributed by atoms with Gasteiger partial charge in [0.2, 0.25) is 0 Å². The number of halogens is 1. The molecule has 0 aliphatic heterocycles. The number of carbonyl (C=O) groups excluding carboxylic acids is 1. The summed E-state index contributed by atoms with van der Waals surface area (Å²) in [5, 5.41) is -0.391. The molecule has 0 unspecified atom stereocenters. The van der Waals surface area contributed by atoms with Crippen LogP contribution < -0.4 is 0 Å². The monoisotopic (exact) mass is 239 g/mol. The SMILES string of the molecule is CCCCN(C)Cc1cccc(C(=O)Cl)c1. The standard InChI is InChI=1S/C13H18ClNO/c1-3-4-8-15(2)10-11-6-5-7-12(9-11)13(14)16/h5-7,9H,3-4,8,10H2,1-2H3. The maximum atomic E-state index is 11.0. The van der Waals surface area contributed by atoms with E-state index in [1.165, 1.54) is 12.8 Å². The van der Waals surface area contributed by atoms with Crippen molar-refractivity contribution in [2.24, 2.45) is 0 Å². The van der Waals surface area contributed by atoms with Crippen molar-refractivity contribution < 1.29 is 4.79 Å². The second kappa shape index (κ2) is 6.66. The van der Waals surface area contributed by atoms with Gasteiger partial charge in [-0.1, -0.05) is 31.5 Å². The quantitative estimate of drug-likeness (QED) is 0.710. The first kappa shape index (κ1) is 13.2. The summed E-state index contributed by atoms with van der Waals surface area (Å²) in [4.78, 5) is 13.3. The smallest absolute Gasteiger partial charge is 0.252 e. The fourth-order valence-corrected chi connectivity index (χ4v) is 1.73. The predicted molar refractivity (Wildman–Crippen MR) is 67.9 cm³/mol. The zero-order valence-electron chi connectivity index (χ0n) is 9.87. The van der Waals surface area contributed by atoms with Crippen LogP contribution in [0.2, 0.25) is 0 Å². The van der Waals surface area contributed by atoms with Crippen LogP contribution in [-0.2, 0) is 6.54 Å². The second-order valence-electron chi connectivity index (χ2n) is 4.07. The fraction of sp³-hybridized carbons (Fsp3) is 0.462. The van der Waals surface area contributed by atoms with Gasteiger partial charge < -0.3 is 4.90 Å². The summed E-state index contributed by atoms with van der Waals surface area (Å²) < 4.78 is 0. The van der Waals surface area contributed by atoms with Gasteiger partial charge in [-0.15, -0.1) is 0 Å². The van der Waals surface area contributed by atoms with Gasteiger partial charge in [0.05, 0.1) is 0 Å². The Morgan fingerprint density at radius 3 is 2.81 bits per heavy atom. The summed E-state index contributed by atoms with van der Waals surface area (Å²) in [5.74, 6) is 0. The fourth-order valence-electron chi connectivity index (χ4n) is 1.61. The van der Waals surface area contributed by atoms with Crippen molar-refractivity contribution in [2.45, 2.75) is 26.3 Å². The summed E-state index contributed by atoms with van der Waals surface area (Å²) in [6.07, 6.45) is 2.40. The normalized spacial score (nSPS) is 10.8. The number of benzene rings is 1. The Kier molecular flexibility index (Phi) is 5.50. The Morgan fingerprint density at radius 1 is 1.44 bits per heavy atom. The Labute approximate surface area is 102 Å². The van der Waals surface area contributed by atoms with Crippen LogP contribution in [0.3, 0.4) is 0 Å². The van der Waals surface area contributed by atoms with Gasteiger partial charge in [0.25, 0.3) is 5.24 Å². The van der Waals surface area contributed by atoms with E-state index in [4.69, 9.17) is 11.6 Å². The van der Waals surface area contributed by atoms with Crippen LogP contribution in [0.25, 0.3) is 0 Å². The third kappa shape index (κ3) is 4.33. The van der Waals surface area contributed by atoms with Gasteiger partial charge in [-0.25, -0.2) is 0 Å². The van der Waals surface area contributed by atoms with E-state index >= 15 is 0 Å². The molecule has 0 spiro atoms. The van der Waals surface area contributed by atoms with Crippen LogP contribution in [0, 0.1) is 0 Å². The topological polar surface area (TPSA) is 20.3 Å². The van der Waals surface area contributed by atoms with E-state index in [0.717, 1.165) is 18.7 Å². The van der Waals surface area contributed by atoms with Crippen molar-refractivity contribution in [3.05, 3.63) is 35.4 Å². The van der Waals surface area contributed by atoms with Gasteiger partial charge in [-0.2, -0.15) is 0 Å². The highest BCUT2D eigenvalue weighted by atomic mass is 35.5. The van der Waals surface area contributed by atoms with Crippen LogP contribution in [0.5, 0.6) is 0 Å². The lowest BCUT2D eigenvalue weighted by Gasteiger charge is -2.16. The van der Waals surface area contributed by atoms with Gasteiger partial charge >= 0.3 is 0 Å². The molecular formula is C13H18ClNO. The molecule has 0 saturated heterocycles. The lowest BCUT2D eigenvalue weighted by molar-refractivity contribution is 0.108. The van der Waals surface area contributed by atoms with Crippen molar-refractivity contribution in [2.75, 3.05) is 13.6 Å². The van der Waals surface area contributed by atoms with Crippen molar-refractivity contribution in [3.8, 4) is 0 Å². The molecule has 0 amide bonds. The molecule has 0 fully saturated rings. The second-order valence-corrected chi connectivity index (χ2v) is 4.41. The molecule has 0 N–H and O–H groups in total. The van der Waals surface area contributed by atoms with Gasteiger partial charge in [-0.3, -0.25) is 4.79 Å². The largest absolute Gasteiger partial charge is 0.302 e. The highest BCUT2D eigenvalue weighted by Crippen LogP contribution is 2.10. The molecule has 0 aliphatic carbocycles. The molecule has 16 heavy (non-hydrogen) atoms. The van der Waals surface area contributed by atoms with Gasteiger partial charge in [0, 0.05) is 12.1 Å². The molecule has 1 aromatic rings. The van der Waals surface area contributed by atoms with E-state index < -0.39 is 5.24 Å². The number of nitrogens with zero attached hydrogens (tertiary/aromatic N) is 1. The lowest BCUT2D eigenvalue weighted by Crippen LogP contribution is -2.19. The van der Waals surface area contributed by atoms with E-state index in [9.17, 15) is 4.79 Å². The molecule has 0 bridgehead atoms. The average Bonchev–Trinajstić information content (AvgIpc) is 2.26. The third-order valence-electron chi connectivity index (χ3n) is 2.50.